The molecule has 0 amide bonds. The van der Waals surface area contributed by atoms with Gasteiger partial charge in [-0.1, -0.05) is 0 Å². The summed E-state index contributed by atoms with van der Waals surface area (Å²) < 4.78 is 0. The highest BCUT2D eigenvalue weighted by atomic mass is 16.3. The van der Waals surface area contributed by atoms with Gasteiger partial charge < -0.3 is 5.11 Å². The van der Waals surface area contributed by atoms with Crippen LogP contribution in [0.4, 0.5) is 0 Å². The fraction of sp³-hybridized carbons (Fsp3) is 0.846. The van der Waals surface area contributed by atoms with Gasteiger partial charge in [-0.15, -0.1) is 12.3 Å². The van der Waals surface area contributed by atoms with Crippen molar-refractivity contribution in [2.24, 2.45) is 0 Å². The molecule has 1 aliphatic rings. The minimum absolute atomic E-state index is 0.0922. The fourth-order valence-electron chi connectivity index (χ4n) is 2.25. The van der Waals surface area contributed by atoms with E-state index in [0.29, 0.717) is 0 Å². The predicted molar refractivity (Wildman–Crippen MR) is 63.6 cm³/mol. The van der Waals surface area contributed by atoms with Gasteiger partial charge in [-0.2, -0.15) is 0 Å². The van der Waals surface area contributed by atoms with Crippen molar-refractivity contribution in [3.8, 4) is 12.3 Å². The Morgan fingerprint density at radius 2 is 2.00 bits per heavy atom. The zero-order valence-electron chi connectivity index (χ0n) is 10.00. The summed E-state index contributed by atoms with van der Waals surface area (Å²) in [6.07, 6.45) is 9.98. The van der Waals surface area contributed by atoms with Gasteiger partial charge in [-0.3, -0.25) is 4.90 Å². The number of hydrogen-bond acceptors (Lipinski definition) is 2. The first-order chi connectivity index (χ1) is 7.09. The Bertz CT molecular complexity index is 223. The van der Waals surface area contributed by atoms with Crippen LogP contribution < -0.4 is 0 Å². The maximum absolute atomic E-state index is 10.2. The zero-order valence-corrected chi connectivity index (χ0v) is 10.00. The first-order valence-corrected chi connectivity index (χ1v) is 5.95. The second-order valence-corrected chi connectivity index (χ2v) is 4.96. The van der Waals surface area contributed by atoms with Crippen molar-refractivity contribution in [2.75, 3.05) is 13.1 Å². The van der Waals surface area contributed by atoms with E-state index in [2.05, 4.69) is 24.7 Å². The van der Waals surface area contributed by atoms with Crippen LogP contribution in [-0.4, -0.2) is 34.7 Å². The topological polar surface area (TPSA) is 23.5 Å². The van der Waals surface area contributed by atoms with Crippen LogP contribution in [0.25, 0.3) is 0 Å². The summed E-state index contributed by atoms with van der Waals surface area (Å²) in [5, 5.41) is 10.2. The predicted octanol–water partition coefficient (Wildman–Crippen LogP) is 2.03. The van der Waals surface area contributed by atoms with Crippen LogP contribution in [0.3, 0.4) is 0 Å². The second kappa shape index (κ2) is 5.53. The molecule has 1 N–H and O–H groups in total. The summed E-state index contributed by atoms with van der Waals surface area (Å²) in [6.45, 7) is 6.52. The van der Waals surface area contributed by atoms with E-state index >= 15 is 0 Å². The minimum atomic E-state index is -0.260. The fourth-order valence-corrected chi connectivity index (χ4v) is 2.25. The summed E-state index contributed by atoms with van der Waals surface area (Å²) in [5.41, 5.74) is -0.0922. The summed E-state index contributed by atoms with van der Waals surface area (Å²) in [4.78, 5) is 2.40. The van der Waals surface area contributed by atoms with Crippen molar-refractivity contribution >= 4 is 0 Å². The van der Waals surface area contributed by atoms with Gasteiger partial charge in [0.05, 0.1) is 6.10 Å². The molecule has 0 aromatic rings. The molecule has 0 aliphatic carbocycles. The van der Waals surface area contributed by atoms with Gasteiger partial charge in [0, 0.05) is 12.0 Å². The van der Waals surface area contributed by atoms with Crippen molar-refractivity contribution < 1.29 is 5.11 Å². The normalized spacial score (nSPS) is 20.1. The molecule has 0 aromatic heterocycles. The molecular weight excluding hydrogens is 186 g/mol. The third-order valence-corrected chi connectivity index (χ3v) is 3.54. The van der Waals surface area contributed by atoms with E-state index < -0.39 is 0 Å². The van der Waals surface area contributed by atoms with Crippen LogP contribution in [0, 0.1) is 12.3 Å². The Morgan fingerprint density at radius 1 is 1.40 bits per heavy atom. The Kier molecular flexibility index (Phi) is 4.63. The van der Waals surface area contributed by atoms with E-state index in [1.165, 1.54) is 12.8 Å². The van der Waals surface area contributed by atoms with Crippen molar-refractivity contribution in [2.45, 2.75) is 57.6 Å². The molecule has 1 saturated heterocycles. The molecule has 0 spiro atoms. The average Bonchev–Trinajstić information content (AvgIpc) is 2.71. The SMILES string of the molecule is C#CCCCC(O)C(C)(C)N1CCCC1. The number of terminal acetylenes is 1. The van der Waals surface area contributed by atoms with E-state index in [-0.39, 0.29) is 11.6 Å². The molecule has 1 aliphatic heterocycles. The highest BCUT2D eigenvalue weighted by Crippen LogP contribution is 2.26. The van der Waals surface area contributed by atoms with Crippen LogP contribution in [0.1, 0.15) is 46.0 Å². The number of rotatable bonds is 5. The van der Waals surface area contributed by atoms with E-state index in [1.807, 2.05) is 0 Å². The van der Waals surface area contributed by atoms with Gasteiger partial charge in [-0.05, 0) is 52.6 Å². The molecule has 1 heterocycles. The lowest BCUT2D eigenvalue weighted by molar-refractivity contribution is -0.00267. The molecule has 1 rings (SSSR count). The molecule has 1 atom stereocenters. The molecule has 2 nitrogen and oxygen atoms in total. The minimum Gasteiger partial charge on any atom is -0.391 e. The lowest BCUT2D eigenvalue weighted by atomic mass is 9.91. The Labute approximate surface area is 93.7 Å². The third-order valence-electron chi connectivity index (χ3n) is 3.54. The van der Waals surface area contributed by atoms with Crippen molar-refractivity contribution in [3.63, 3.8) is 0 Å². The zero-order chi connectivity index (χ0) is 11.3. The molecule has 0 radical (unpaired) electrons. The summed E-state index contributed by atoms with van der Waals surface area (Å²) >= 11 is 0. The maximum Gasteiger partial charge on any atom is 0.0718 e. The second-order valence-electron chi connectivity index (χ2n) is 4.96. The number of aliphatic hydroxyl groups excluding tert-OH is 1. The van der Waals surface area contributed by atoms with Crippen LogP contribution in [0.15, 0.2) is 0 Å². The molecule has 2 heteroatoms. The number of unbranched alkanes of at least 4 members (excludes halogenated alkanes) is 1. The smallest absolute Gasteiger partial charge is 0.0718 e. The first-order valence-electron chi connectivity index (χ1n) is 5.95. The molecule has 86 valence electrons. The Balaban J connectivity index is 2.41. The molecule has 0 bridgehead atoms. The molecule has 1 unspecified atom stereocenters. The number of hydrogen-bond donors (Lipinski definition) is 1. The molecule has 1 fully saturated rings. The molecule has 15 heavy (non-hydrogen) atoms. The largest absolute Gasteiger partial charge is 0.391 e. The standard InChI is InChI=1S/C13H23NO/c1-4-5-6-9-12(15)13(2,3)14-10-7-8-11-14/h1,12,15H,5-11H2,2-3H3. The van der Waals surface area contributed by atoms with Gasteiger partial charge in [0.1, 0.15) is 0 Å². The third kappa shape index (κ3) is 3.22. The average molecular weight is 209 g/mol. The van der Waals surface area contributed by atoms with Crippen LogP contribution in [0.2, 0.25) is 0 Å². The van der Waals surface area contributed by atoms with Crippen molar-refractivity contribution in [1.29, 1.82) is 0 Å². The summed E-state index contributed by atoms with van der Waals surface area (Å²) in [5.74, 6) is 2.62. The Morgan fingerprint density at radius 3 is 2.53 bits per heavy atom. The van der Waals surface area contributed by atoms with Crippen molar-refractivity contribution in [1.82, 2.24) is 4.90 Å². The summed E-state index contributed by atoms with van der Waals surface area (Å²) in [7, 11) is 0. The van der Waals surface area contributed by atoms with E-state index in [4.69, 9.17) is 6.42 Å². The number of aliphatic hydroxyl groups is 1. The Hall–Kier alpha value is -0.520. The molecule has 0 aromatic carbocycles. The first kappa shape index (κ1) is 12.5. The maximum atomic E-state index is 10.2. The van der Waals surface area contributed by atoms with E-state index in [0.717, 1.165) is 32.4 Å². The van der Waals surface area contributed by atoms with Crippen LogP contribution in [0.5, 0.6) is 0 Å². The monoisotopic (exact) mass is 209 g/mol. The van der Waals surface area contributed by atoms with Crippen molar-refractivity contribution in [3.05, 3.63) is 0 Å². The van der Waals surface area contributed by atoms with Gasteiger partial charge in [0.25, 0.3) is 0 Å². The summed E-state index contributed by atoms with van der Waals surface area (Å²) in [6, 6.07) is 0. The highest BCUT2D eigenvalue weighted by molar-refractivity contribution is 4.92. The number of nitrogens with zero attached hydrogens (tertiary/aromatic N) is 1. The van der Waals surface area contributed by atoms with Crippen LogP contribution >= 0.6 is 0 Å². The lowest BCUT2D eigenvalue weighted by Crippen LogP contribution is -2.51. The quantitative estimate of drug-likeness (QED) is 0.553. The van der Waals surface area contributed by atoms with Gasteiger partial charge in [0.2, 0.25) is 0 Å². The van der Waals surface area contributed by atoms with Gasteiger partial charge in [0.15, 0.2) is 0 Å². The molecule has 0 saturated carbocycles. The molecular formula is C13H23NO. The van der Waals surface area contributed by atoms with Crippen LogP contribution in [-0.2, 0) is 0 Å². The highest BCUT2D eigenvalue weighted by Gasteiger charge is 2.35. The number of likely N-dealkylation sites (tertiary alicyclic amines) is 1. The van der Waals surface area contributed by atoms with E-state index in [9.17, 15) is 5.11 Å². The van der Waals surface area contributed by atoms with E-state index in [1.54, 1.807) is 0 Å². The van der Waals surface area contributed by atoms with Gasteiger partial charge >= 0.3 is 0 Å². The van der Waals surface area contributed by atoms with Gasteiger partial charge in [-0.25, -0.2) is 0 Å². The lowest BCUT2D eigenvalue weighted by Gasteiger charge is -2.39.